The predicted octanol–water partition coefficient (Wildman–Crippen LogP) is 5.60. The average Bonchev–Trinajstić information content (AvgIpc) is 3.09. The van der Waals surface area contributed by atoms with Gasteiger partial charge in [-0.05, 0) is 97.8 Å². The van der Waals surface area contributed by atoms with Crippen LogP contribution >= 0.6 is 11.6 Å². The van der Waals surface area contributed by atoms with Crippen molar-refractivity contribution in [1.29, 1.82) is 0 Å². The number of ether oxygens (including phenoxy) is 1. The molecule has 3 aromatic carbocycles. The molecule has 5 rings (SSSR count). The maximum absolute atomic E-state index is 13.7. The highest BCUT2D eigenvalue weighted by atomic mass is 35.5. The molecule has 0 aliphatic carbocycles. The number of rotatable bonds is 5. The SMILES string of the molecule is COc1cc2c(cc1S(=O)(=O)c1ccc(N3CCC(c4ccccc4Cl)CC3)cc1)CCN(C)CC2. The summed E-state index contributed by atoms with van der Waals surface area (Å²) in [5.74, 6) is 0.874. The number of fused-ring (bicyclic) bond motifs is 1. The van der Waals surface area contributed by atoms with Crippen LogP contribution < -0.4 is 9.64 Å². The van der Waals surface area contributed by atoms with E-state index in [-0.39, 0.29) is 4.90 Å². The van der Waals surface area contributed by atoms with Crippen LogP contribution in [-0.4, -0.2) is 53.7 Å². The normalized spacial score (nSPS) is 17.5. The molecule has 36 heavy (non-hydrogen) atoms. The van der Waals surface area contributed by atoms with Crippen molar-refractivity contribution in [3.8, 4) is 5.75 Å². The summed E-state index contributed by atoms with van der Waals surface area (Å²) >= 11 is 6.42. The van der Waals surface area contributed by atoms with Crippen LogP contribution in [0.1, 0.15) is 35.4 Å². The van der Waals surface area contributed by atoms with Crippen molar-refractivity contribution in [2.45, 2.75) is 41.4 Å². The quantitative estimate of drug-likeness (QED) is 0.435. The molecule has 1 fully saturated rings. The Morgan fingerprint density at radius 2 is 1.53 bits per heavy atom. The molecule has 0 spiro atoms. The number of nitrogens with zero attached hydrogens (tertiary/aromatic N) is 2. The molecule has 2 aliphatic rings. The van der Waals surface area contributed by atoms with E-state index in [9.17, 15) is 8.42 Å². The summed E-state index contributed by atoms with van der Waals surface area (Å²) in [6.45, 7) is 3.70. The summed E-state index contributed by atoms with van der Waals surface area (Å²) in [7, 11) is -0.0701. The number of anilines is 1. The molecule has 0 saturated carbocycles. The zero-order valence-electron chi connectivity index (χ0n) is 20.9. The molecule has 5 nitrogen and oxygen atoms in total. The number of hydrogen-bond donors (Lipinski definition) is 0. The minimum atomic E-state index is -3.71. The molecule has 3 aromatic rings. The number of halogens is 1. The van der Waals surface area contributed by atoms with Crippen molar-refractivity contribution in [2.75, 3.05) is 45.2 Å². The van der Waals surface area contributed by atoms with E-state index in [1.165, 1.54) is 11.1 Å². The first-order valence-electron chi connectivity index (χ1n) is 12.6. The highest BCUT2D eigenvalue weighted by molar-refractivity contribution is 7.91. The molecule has 0 radical (unpaired) electrons. The van der Waals surface area contributed by atoms with Crippen molar-refractivity contribution in [3.05, 3.63) is 82.4 Å². The topological polar surface area (TPSA) is 49.9 Å². The zero-order chi connectivity index (χ0) is 25.3. The molecule has 1 saturated heterocycles. The first kappa shape index (κ1) is 25.1. The summed E-state index contributed by atoms with van der Waals surface area (Å²) in [5.41, 5.74) is 4.53. The van der Waals surface area contributed by atoms with E-state index in [0.717, 1.165) is 68.1 Å². The van der Waals surface area contributed by atoms with Gasteiger partial charge in [-0.2, -0.15) is 0 Å². The Hall–Kier alpha value is -2.54. The van der Waals surface area contributed by atoms with Crippen molar-refractivity contribution in [3.63, 3.8) is 0 Å². The number of hydrogen-bond acceptors (Lipinski definition) is 5. The summed E-state index contributed by atoms with van der Waals surface area (Å²) in [6.07, 6.45) is 3.77. The zero-order valence-corrected chi connectivity index (χ0v) is 22.5. The molecule has 0 atom stereocenters. The van der Waals surface area contributed by atoms with Crippen molar-refractivity contribution < 1.29 is 13.2 Å². The standard InChI is InChI=1S/C29H33ClN2O3S/c1-31-15-11-22-19-28(35-2)29(20-23(22)12-16-31)36(33,34)25-9-7-24(8-10-25)32-17-13-21(14-18-32)26-5-3-4-6-27(26)30/h3-10,19-21H,11-18H2,1-2H3. The molecule has 0 bridgehead atoms. The second-order valence-corrected chi connectivity index (χ2v) is 12.2. The summed E-state index contributed by atoms with van der Waals surface area (Å²) in [5, 5.41) is 0.839. The molecule has 0 N–H and O–H groups in total. The Balaban J connectivity index is 1.34. The average molecular weight is 525 g/mol. The van der Waals surface area contributed by atoms with E-state index < -0.39 is 9.84 Å². The summed E-state index contributed by atoms with van der Waals surface area (Å²) < 4.78 is 32.9. The fourth-order valence-electron chi connectivity index (χ4n) is 5.43. The largest absolute Gasteiger partial charge is 0.495 e. The summed E-state index contributed by atoms with van der Waals surface area (Å²) in [6, 6.07) is 19.1. The van der Waals surface area contributed by atoms with Gasteiger partial charge in [0.25, 0.3) is 0 Å². The van der Waals surface area contributed by atoms with E-state index in [4.69, 9.17) is 16.3 Å². The first-order valence-corrected chi connectivity index (χ1v) is 14.5. The van der Waals surface area contributed by atoms with Crippen LogP contribution in [0, 0.1) is 0 Å². The van der Waals surface area contributed by atoms with Gasteiger partial charge in [-0.25, -0.2) is 8.42 Å². The lowest BCUT2D eigenvalue weighted by Gasteiger charge is -2.34. The van der Waals surface area contributed by atoms with Gasteiger partial charge in [0.05, 0.1) is 12.0 Å². The highest BCUT2D eigenvalue weighted by Gasteiger charge is 2.26. The van der Waals surface area contributed by atoms with Crippen molar-refractivity contribution in [1.82, 2.24) is 4.90 Å². The fourth-order valence-corrected chi connectivity index (χ4v) is 7.17. The van der Waals surface area contributed by atoms with E-state index in [2.05, 4.69) is 22.9 Å². The predicted molar refractivity (Wildman–Crippen MR) is 145 cm³/mol. The van der Waals surface area contributed by atoms with Gasteiger partial charge in [0.2, 0.25) is 9.84 Å². The molecule has 190 valence electrons. The number of benzene rings is 3. The first-order chi connectivity index (χ1) is 17.4. The Kier molecular flexibility index (Phi) is 7.29. The van der Waals surface area contributed by atoms with Crippen LogP contribution in [0.3, 0.4) is 0 Å². The Morgan fingerprint density at radius 1 is 0.889 bits per heavy atom. The van der Waals surface area contributed by atoms with Crippen LogP contribution in [0.2, 0.25) is 5.02 Å². The van der Waals surface area contributed by atoms with Crippen LogP contribution in [0.25, 0.3) is 0 Å². The molecular weight excluding hydrogens is 492 g/mol. The highest BCUT2D eigenvalue weighted by Crippen LogP contribution is 2.36. The minimum Gasteiger partial charge on any atom is -0.495 e. The molecular formula is C29H33ClN2O3S. The number of methoxy groups -OCH3 is 1. The van der Waals surface area contributed by atoms with E-state index in [1.54, 1.807) is 19.2 Å². The van der Waals surface area contributed by atoms with Gasteiger partial charge in [0.15, 0.2) is 0 Å². The third-order valence-corrected chi connectivity index (χ3v) is 9.79. The van der Waals surface area contributed by atoms with Crippen molar-refractivity contribution in [2.24, 2.45) is 0 Å². The van der Waals surface area contributed by atoms with Gasteiger partial charge in [-0.3, -0.25) is 0 Å². The lowest BCUT2D eigenvalue weighted by Crippen LogP contribution is -2.32. The van der Waals surface area contributed by atoms with Crippen molar-refractivity contribution >= 4 is 27.1 Å². The monoisotopic (exact) mass is 524 g/mol. The fraction of sp³-hybridized carbons (Fsp3) is 0.379. The van der Waals surface area contributed by atoms with Gasteiger partial charge in [0, 0.05) is 36.9 Å². The second kappa shape index (κ2) is 10.4. The van der Waals surface area contributed by atoms with Gasteiger partial charge in [0.1, 0.15) is 10.6 Å². The minimum absolute atomic E-state index is 0.251. The third kappa shape index (κ3) is 4.99. The third-order valence-electron chi connectivity index (χ3n) is 7.65. The Morgan fingerprint density at radius 3 is 2.17 bits per heavy atom. The van der Waals surface area contributed by atoms with Gasteiger partial charge in [-0.1, -0.05) is 29.8 Å². The van der Waals surface area contributed by atoms with Crippen LogP contribution in [0.5, 0.6) is 5.75 Å². The van der Waals surface area contributed by atoms with E-state index in [0.29, 0.717) is 16.6 Å². The molecule has 0 aromatic heterocycles. The Bertz CT molecular complexity index is 1330. The Labute approximate surface area is 219 Å². The molecule has 2 aliphatic heterocycles. The number of sulfone groups is 1. The van der Waals surface area contributed by atoms with Gasteiger partial charge in [-0.15, -0.1) is 0 Å². The van der Waals surface area contributed by atoms with Gasteiger partial charge >= 0.3 is 0 Å². The van der Waals surface area contributed by atoms with E-state index in [1.807, 2.05) is 42.5 Å². The lowest BCUT2D eigenvalue weighted by molar-refractivity contribution is 0.352. The number of likely N-dealkylation sites (N-methyl/N-ethyl adjacent to an activating group) is 1. The molecule has 2 heterocycles. The van der Waals surface area contributed by atoms with Crippen LogP contribution in [-0.2, 0) is 22.7 Å². The molecule has 0 unspecified atom stereocenters. The maximum atomic E-state index is 13.7. The van der Waals surface area contributed by atoms with Crippen LogP contribution in [0.15, 0.2) is 70.5 Å². The molecule has 7 heteroatoms. The van der Waals surface area contributed by atoms with E-state index >= 15 is 0 Å². The second-order valence-electron chi connectivity index (χ2n) is 9.86. The maximum Gasteiger partial charge on any atom is 0.210 e. The van der Waals surface area contributed by atoms with Crippen LogP contribution in [0.4, 0.5) is 5.69 Å². The number of piperidine rings is 1. The summed E-state index contributed by atoms with van der Waals surface area (Å²) in [4.78, 5) is 5.14. The molecule has 0 amide bonds. The smallest absolute Gasteiger partial charge is 0.210 e. The lowest BCUT2D eigenvalue weighted by atomic mass is 9.89. The van der Waals surface area contributed by atoms with Gasteiger partial charge < -0.3 is 14.5 Å².